The molecular formula is C18H19N9O3. The third-order valence-corrected chi connectivity index (χ3v) is 4.68. The lowest BCUT2D eigenvalue weighted by Crippen LogP contribution is -2.37. The lowest BCUT2D eigenvalue weighted by Gasteiger charge is -2.09. The Morgan fingerprint density at radius 1 is 1.07 bits per heavy atom. The van der Waals surface area contributed by atoms with E-state index in [0.29, 0.717) is 11.6 Å². The topological polar surface area (TPSA) is 135 Å². The molecule has 4 heterocycles. The maximum absolute atomic E-state index is 12.6. The summed E-state index contributed by atoms with van der Waals surface area (Å²) in [6.45, 7) is 3.60. The first-order valence-corrected chi connectivity index (χ1v) is 9.02. The predicted molar refractivity (Wildman–Crippen MR) is 107 cm³/mol. The molecule has 154 valence electrons. The molecular weight excluding hydrogens is 390 g/mol. The van der Waals surface area contributed by atoms with Crippen molar-refractivity contribution in [2.45, 2.75) is 20.4 Å². The Bertz CT molecular complexity index is 1410. The van der Waals surface area contributed by atoms with E-state index in [4.69, 9.17) is 0 Å². The van der Waals surface area contributed by atoms with E-state index in [2.05, 4.69) is 25.4 Å². The molecule has 0 aliphatic rings. The number of anilines is 1. The normalized spacial score (nSPS) is 11.2. The van der Waals surface area contributed by atoms with E-state index in [0.717, 1.165) is 16.0 Å². The van der Waals surface area contributed by atoms with Gasteiger partial charge in [-0.25, -0.2) is 24.4 Å². The lowest BCUT2D eigenvalue weighted by molar-refractivity contribution is -0.116. The van der Waals surface area contributed by atoms with Crippen LogP contribution in [0.4, 0.5) is 5.82 Å². The van der Waals surface area contributed by atoms with Crippen LogP contribution < -0.4 is 16.6 Å². The zero-order chi connectivity index (χ0) is 21.6. The third kappa shape index (κ3) is 3.17. The van der Waals surface area contributed by atoms with Crippen LogP contribution in [0.25, 0.3) is 17.0 Å². The number of carbonyl (C=O) groups is 1. The van der Waals surface area contributed by atoms with Crippen molar-refractivity contribution >= 4 is 22.9 Å². The molecule has 0 bridgehead atoms. The Morgan fingerprint density at radius 3 is 2.53 bits per heavy atom. The number of aromatic nitrogens is 8. The number of imidazole rings is 1. The van der Waals surface area contributed by atoms with Crippen LogP contribution in [-0.4, -0.2) is 44.3 Å². The van der Waals surface area contributed by atoms with Gasteiger partial charge < -0.3 is 9.88 Å². The summed E-state index contributed by atoms with van der Waals surface area (Å²) < 4.78 is 5.29. The first-order chi connectivity index (χ1) is 14.3. The summed E-state index contributed by atoms with van der Waals surface area (Å²) >= 11 is 0. The highest BCUT2D eigenvalue weighted by molar-refractivity contribution is 5.90. The molecule has 0 unspecified atom stereocenters. The summed E-state index contributed by atoms with van der Waals surface area (Å²) in [7, 11) is 2.89. The second-order valence-corrected chi connectivity index (χ2v) is 6.90. The number of fused-ring (bicyclic) bond motifs is 1. The van der Waals surface area contributed by atoms with Gasteiger partial charge in [0.05, 0.1) is 12.0 Å². The van der Waals surface area contributed by atoms with E-state index >= 15 is 0 Å². The number of hydrogen-bond acceptors (Lipinski definition) is 7. The van der Waals surface area contributed by atoms with Crippen LogP contribution in [-0.2, 0) is 25.4 Å². The Labute approximate surface area is 169 Å². The van der Waals surface area contributed by atoms with E-state index in [1.54, 1.807) is 10.7 Å². The molecule has 0 saturated heterocycles. The van der Waals surface area contributed by atoms with Gasteiger partial charge in [-0.1, -0.05) is 0 Å². The Kier molecular flexibility index (Phi) is 4.53. The van der Waals surface area contributed by atoms with Gasteiger partial charge in [-0.15, -0.1) is 0 Å². The molecule has 0 atom stereocenters. The molecule has 12 nitrogen and oxygen atoms in total. The van der Waals surface area contributed by atoms with Crippen LogP contribution in [0.3, 0.4) is 0 Å². The van der Waals surface area contributed by atoms with E-state index in [9.17, 15) is 14.4 Å². The average Bonchev–Trinajstić information content (AvgIpc) is 3.27. The summed E-state index contributed by atoms with van der Waals surface area (Å²) in [6.07, 6.45) is 2.69. The van der Waals surface area contributed by atoms with E-state index in [-0.39, 0.29) is 17.7 Å². The molecule has 4 aromatic heterocycles. The van der Waals surface area contributed by atoms with Crippen molar-refractivity contribution in [1.29, 1.82) is 0 Å². The second-order valence-electron chi connectivity index (χ2n) is 6.90. The molecule has 0 saturated carbocycles. The standard InChI is InChI=1S/C18H19N9O3/c1-10-5-11(2)27(23-10)13-6-12(19-8-20-13)22-14(28)7-26-9-21-16-15(26)17(29)25(4)18(30)24(16)3/h5-6,8-9H,7H2,1-4H3,(H,19,20,22,28). The van der Waals surface area contributed by atoms with Crippen LogP contribution >= 0.6 is 0 Å². The van der Waals surface area contributed by atoms with Gasteiger partial charge in [0.15, 0.2) is 17.0 Å². The predicted octanol–water partition coefficient (Wildman–Crippen LogP) is -0.335. The van der Waals surface area contributed by atoms with Crippen molar-refractivity contribution in [2.75, 3.05) is 5.32 Å². The highest BCUT2D eigenvalue weighted by atomic mass is 16.2. The summed E-state index contributed by atoms with van der Waals surface area (Å²) in [5, 5.41) is 7.05. The number of hydrogen-bond donors (Lipinski definition) is 1. The van der Waals surface area contributed by atoms with Crippen molar-refractivity contribution in [3.8, 4) is 5.82 Å². The fourth-order valence-corrected chi connectivity index (χ4v) is 3.25. The summed E-state index contributed by atoms with van der Waals surface area (Å²) in [4.78, 5) is 49.4. The van der Waals surface area contributed by atoms with Gasteiger partial charge in [-0.3, -0.25) is 18.7 Å². The largest absolute Gasteiger partial charge is 0.332 e. The number of nitrogens with zero attached hydrogens (tertiary/aromatic N) is 8. The Morgan fingerprint density at radius 2 is 1.83 bits per heavy atom. The maximum atomic E-state index is 12.6. The summed E-state index contributed by atoms with van der Waals surface area (Å²) in [5.41, 5.74) is 1.12. The van der Waals surface area contributed by atoms with Crippen molar-refractivity contribution < 1.29 is 4.79 Å². The van der Waals surface area contributed by atoms with Crippen molar-refractivity contribution in [1.82, 2.24) is 38.4 Å². The fraction of sp³-hybridized carbons (Fsp3) is 0.278. The van der Waals surface area contributed by atoms with Gasteiger partial charge in [-0.05, 0) is 19.9 Å². The van der Waals surface area contributed by atoms with Crippen LogP contribution in [0.2, 0.25) is 0 Å². The zero-order valence-electron chi connectivity index (χ0n) is 16.8. The quantitative estimate of drug-likeness (QED) is 0.487. The minimum Gasteiger partial charge on any atom is -0.315 e. The molecule has 1 N–H and O–H groups in total. The van der Waals surface area contributed by atoms with Gasteiger partial charge in [-0.2, -0.15) is 5.10 Å². The van der Waals surface area contributed by atoms with E-state index in [1.165, 1.54) is 35.9 Å². The van der Waals surface area contributed by atoms with Gasteiger partial charge >= 0.3 is 5.69 Å². The van der Waals surface area contributed by atoms with Crippen LogP contribution in [0, 0.1) is 13.8 Å². The third-order valence-electron chi connectivity index (χ3n) is 4.68. The van der Waals surface area contributed by atoms with Crippen molar-refractivity contribution in [2.24, 2.45) is 14.1 Å². The molecule has 4 aromatic rings. The molecule has 0 fully saturated rings. The molecule has 0 aromatic carbocycles. The van der Waals surface area contributed by atoms with Gasteiger partial charge in [0, 0.05) is 25.9 Å². The monoisotopic (exact) mass is 409 g/mol. The maximum Gasteiger partial charge on any atom is 0.332 e. The minimum atomic E-state index is -0.521. The molecule has 12 heteroatoms. The molecule has 0 spiro atoms. The number of aryl methyl sites for hydroxylation is 3. The highest BCUT2D eigenvalue weighted by Crippen LogP contribution is 2.13. The number of carbonyl (C=O) groups excluding carboxylic acids is 1. The first-order valence-electron chi connectivity index (χ1n) is 9.02. The second kappa shape index (κ2) is 7.06. The van der Waals surface area contributed by atoms with E-state index < -0.39 is 17.2 Å². The zero-order valence-corrected chi connectivity index (χ0v) is 16.8. The Hall–Kier alpha value is -4.09. The SMILES string of the molecule is Cc1cc(C)n(-c2cc(NC(=O)Cn3cnc4c3c(=O)n(C)c(=O)n4C)ncn2)n1. The number of amides is 1. The molecule has 30 heavy (non-hydrogen) atoms. The average molecular weight is 409 g/mol. The lowest BCUT2D eigenvalue weighted by atomic mass is 10.4. The fourth-order valence-electron chi connectivity index (χ4n) is 3.25. The minimum absolute atomic E-state index is 0.167. The number of rotatable bonds is 4. The summed E-state index contributed by atoms with van der Waals surface area (Å²) in [5.74, 6) is 0.397. The first kappa shape index (κ1) is 19.2. The van der Waals surface area contributed by atoms with Crippen LogP contribution in [0.1, 0.15) is 11.4 Å². The van der Waals surface area contributed by atoms with Crippen LogP contribution in [0.15, 0.2) is 34.4 Å². The smallest absolute Gasteiger partial charge is 0.315 e. The van der Waals surface area contributed by atoms with Gasteiger partial charge in [0.25, 0.3) is 5.56 Å². The van der Waals surface area contributed by atoms with Crippen molar-refractivity contribution in [3.05, 3.63) is 57.0 Å². The van der Waals surface area contributed by atoms with Gasteiger partial charge in [0.1, 0.15) is 18.7 Å². The molecule has 0 aliphatic heterocycles. The molecule has 0 aliphatic carbocycles. The Balaban J connectivity index is 1.61. The molecule has 1 amide bonds. The van der Waals surface area contributed by atoms with Crippen molar-refractivity contribution in [3.63, 3.8) is 0 Å². The molecule has 4 rings (SSSR count). The van der Waals surface area contributed by atoms with E-state index in [1.807, 2.05) is 19.9 Å². The van der Waals surface area contributed by atoms with Crippen LogP contribution in [0.5, 0.6) is 0 Å². The summed E-state index contributed by atoms with van der Waals surface area (Å²) in [6, 6.07) is 3.52. The molecule has 0 radical (unpaired) electrons. The highest BCUT2D eigenvalue weighted by Gasteiger charge is 2.16. The number of nitrogens with one attached hydrogen (secondary N) is 1. The van der Waals surface area contributed by atoms with Gasteiger partial charge in [0.2, 0.25) is 5.91 Å².